The van der Waals surface area contributed by atoms with Gasteiger partial charge in [0, 0.05) is 43.2 Å². The molecule has 0 bridgehead atoms. The van der Waals surface area contributed by atoms with E-state index in [-0.39, 0.29) is 18.0 Å². The molecule has 1 spiro atoms. The highest BCUT2D eigenvalue weighted by Crippen LogP contribution is 2.52. The highest BCUT2D eigenvalue weighted by molar-refractivity contribution is 7.94. The number of hydrogen-bond donors (Lipinski definition) is 2. The Bertz CT molecular complexity index is 805. The lowest BCUT2D eigenvalue weighted by molar-refractivity contribution is 0.00780. The number of fused-ring (bicyclic) bond motifs is 1. The maximum absolute atomic E-state index is 13.5. The third-order valence-electron chi connectivity index (χ3n) is 5.49. The van der Waals surface area contributed by atoms with Crippen LogP contribution in [0.5, 0.6) is 0 Å². The quantitative estimate of drug-likeness (QED) is 0.715. The zero-order valence-corrected chi connectivity index (χ0v) is 16.0. The average Bonchev–Trinajstić information content (AvgIpc) is 2.86. The van der Waals surface area contributed by atoms with Gasteiger partial charge in [-0.25, -0.2) is 18.2 Å². The molecule has 0 aromatic carbocycles. The molecule has 1 aliphatic carbocycles. The van der Waals surface area contributed by atoms with E-state index in [2.05, 4.69) is 15.0 Å². The van der Waals surface area contributed by atoms with Crippen molar-refractivity contribution in [2.75, 3.05) is 31.1 Å². The van der Waals surface area contributed by atoms with E-state index in [4.69, 9.17) is 21.8 Å². The number of hydrogen-bond acceptors (Lipinski definition) is 7. The van der Waals surface area contributed by atoms with Gasteiger partial charge in [0.1, 0.15) is 23.2 Å². The van der Waals surface area contributed by atoms with Gasteiger partial charge in [0.2, 0.25) is 0 Å². The Balaban J connectivity index is 1.41. The number of nitrogens with two attached hydrogens (primary N) is 1. The van der Waals surface area contributed by atoms with Gasteiger partial charge in [-0.2, -0.15) is 5.10 Å². The standard InChI is InChI=1S/C16H22ClFN6OS/c1-10-2-13(17)24-14(10)15(20-9-21-24)22-7-16(8-22)3-12(4-16)23(26-19)5-11(18)6-25/h2,9,11-12,25H,3-8,19H2,1H3. The predicted octanol–water partition coefficient (Wildman–Crippen LogP) is 1.81. The molecular weight excluding hydrogens is 379 g/mol. The van der Waals surface area contributed by atoms with Gasteiger partial charge in [0.25, 0.3) is 0 Å². The molecule has 0 amide bonds. The highest BCUT2D eigenvalue weighted by atomic mass is 35.5. The summed E-state index contributed by atoms with van der Waals surface area (Å²) < 4.78 is 17.0. The van der Waals surface area contributed by atoms with Crippen LogP contribution in [-0.2, 0) is 0 Å². The Labute approximate surface area is 160 Å². The van der Waals surface area contributed by atoms with Gasteiger partial charge in [0.05, 0.1) is 6.61 Å². The van der Waals surface area contributed by atoms with Crippen molar-refractivity contribution in [1.29, 1.82) is 0 Å². The van der Waals surface area contributed by atoms with Crippen molar-refractivity contribution in [2.24, 2.45) is 10.6 Å². The summed E-state index contributed by atoms with van der Waals surface area (Å²) >= 11 is 7.29. The fourth-order valence-corrected chi connectivity index (χ4v) is 5.10. The SMILES string of the molecule is Cc1cc(Cl)n2ncnc(N3CC4(CC(N(CC(F)CO)SN)C4)C3)c12. The number of nitrogens with zero attached hydrogens (tertiary/aromatic N) is 5. The zero-order chi connectivity index (χ0) is 18.5. The first-order chi connectivity index (χ1) is 12.5. The van der Waals surface area contributed by atoms with E-state index in [9.17, 15) is 4.39 Å². The van der Waals surface area contributed by atoms with Gasteiger partial charge in [-0.3, -0.25) is 5.14 Å². The van der Waals surface area contributed by atoms with Gasteiger partial charge >= 0.3 is 0 Å². The van der Waals surface area contributed by atoms with Gasteiger partial charge in [-0.05, 0) is 31.4 Å². The molecule has 1 saturated carbocycles. The number of halogens is 2. The predicted molar refractivity (Wildman–Crippen MR) is 101 cm³/mol. The largest absolute Gasteiger partial charge is 0.393 e. The molecule has 4 rings (SSSR count). The van der Waals surface area contributed by atoms with Crippen LogP contribution in [0, 0.1) is 12.3 Å². The minimum atomic E-state index is -1.25. The van der Waals surface area contributed by atoms with Crippen LogP contribution in [0.4, 0.5) is 10.2 Å². The van der Waals surface area contributed by atoms with Crippen LogP contribution in [0.2, 0.25) is 5.15 Å². The smallest absolute Gasteiger partial charge is 0.156 e. The van der Waals surface area contributed by atoms with Crippen LogP contribution < -0.4 is 10.0 Å². The molecule has 0 radical (unpaired) electrons. The summed E-state index contributed by atoms with van der Waals surface area (Å²) in [5.74, 6) is 0.910. The summed E-state index contributed by atoms with van der Waals surface area (Å²) in [4.78, 5) is 6.72. The van der Waals surface area contributed by atoms with Crippen LogP contribution in [0.15, 0.2) is 12.4 Å². The van der Waals surface area contributed by atoms with Gasteiger partial charge in [-0.1, -0.05) is 11.6 Å². The van der Waals surface area contributed by atoms with E-state index in [0.717, 1.165) is 55.0 Å². The van der Waals surface area contributed by atoms with Gasteiger partial charge < -0.3 is 10.0 Å². The van der Waals surface area contributed by atoms with E-state index >= 15 is 0 Å². The van der Waals surface area contributed by atoms with E-state index in [1.807, 2.05) is 17.3 Å². The van der Waals surface area contributed by atoms with E-state index < -0.39 is 12.8 Å². The first kappa shape index (κ1) is 18.2. The Hall–Kier alpha value is -1.13. The Morgan fingerprint density at radius 2 is 2.27 bits per heavy atom. The number of anilines is 1. The van der Waals surface area contributed by atoms with Crippen LogP contribution in [0.25, 0.3) is 5.52 Å². The molecule has 142 valence electrons. The van der Waals surface area contributed by atoms with Crippen molar-refractivity contribution < 1.29 is 9.50 Å². The number of aliphatic hydroxyl groups is 1. The summed E-state index contributed by atoms with van der Waals surface area (Å²) in [5, 5.41) is 19.4. The topological polar surface area (TPSA) is 82.9 Å². The normalized spacial score (nSPS) is 20.6. The third kappa shape index (κ3) is 2.95. The molecule has 3 heterocycles. The molecule has 10 heteroatoms. The van der Waals surface area contributed by atoms with Gasteiger partial charge in [-0.15, -0.1) is 0 Å². The molecule has 2 fully saturated rings. The average molecular weight is 401 g/mol. The molecule has 7 nitrogen and oxygen atoms in total. The molecule has 1 aliphatic heterocycles. The van der Waals surface area contributed by atoms with E-state index in [1.54, 1.807) is 4.52 Å². The number of rotatable bonds is 6. The number of aliphatic hydroxyl groups excluding tert-OH is 1. The molecule has 2 aliphatic rings. The number of alkyl halides is 1. The highest BCUT2D eigenvalue weighted by Gasteiger charge is 2.54. The second-order valence-electron chi connectivity index (χ2n) is 7.40. The summed E-state index contributed by atoms with van der Waals surface area (Å²) in [6.07, 6.45) is 2.24. The maximum Gasteiger partial charge on any atom is 0.156 e. The first-order valence-corrected chi connectivity index (χ1v) is 9.80. The Morgan fingerprint density at radius 1 is 1.54 bits per heavy atom. The lowest BCUT2D eigenvalue weighted by atomic mass is 9.60. The molecule has 26 heavy (non-hydrogen) atoms. The van der Waals surface area contributed by atoms with Crippen molar-refractivity contribution >= 4 is 35.1 Å². The van der Waals surface area contributed by atoms with Crippen LogP contribution >= 0.6 is 23.7 Å². The number of aromatic nitrogens is 3. The Morgan fingerprint density at radius 3 is 2.92 bits per heavy atom. The van der Waals surface area contributed by atoms with E-state index in [0.29, 0.717) is 5.15 Å². The zero-order valence-electron chi connectivity index (χ0n) is 14.5. The van der Waals surface area contributed by atoms with Crippen molar-refractivity contribution in [3.63, 3.8) is 0 Å². The van der Waals surface area contributed by atoms with Gasteiger partial charge in [0.15, 0.2) is 5.82 Å². The molecule has 3 N–H and O–H groups in total. The van der Waals surface area contributed by atoms with Crippen LogP contribution in [0.3, 0.4) is 0 Å². The Kier molecular flexibility index (Phi) is 4.77. The fraction of sp³-hybridized carbons (Fsp3) is 0.625. The van der Waals surface area contributed by atoms with E-state index in [1.165, 1.54) is 6.33 Å². The molecule has 1 saturated heterocycles. The summed E-state index contributed by atoms with van der Waals surface area (Å²) in [6.45, 7) is 3.54. The molecule has 2 aromatic heterocycles. The van der Waals surface area contributed by atoms with Crippen LogP contribution in [-0.4, -0.2) is 62.5 Å². The van der Waals surface area contributed by atoms with Crippen molar-refractivity contribution in [1.82, 2.24) is 18.9 Å². The summed E-state index contributed by atoms with van der Waals surface area (Å²) in [7, 11) is 0. The fourth-order valence-electron chi connectivity index (χ4n) is 4.24. The minimum absolute atomic E-state index is 0.163. The van der Waals surface area contributed by atoms with Crippen molar-refractivity contribution in [3.8, 4) is 0 Å². The lowest BCUT2D eigenvalue weighted by Gasteiger charge is -2.61. The maximum atomic E-state index is 13.5. The van der Waals surface area contributed by atoms with Crippen LogP contribution in [0.1, 0.15) is 18.4 Å². The monoisotopic (exact) mass is 400 g/mol. The molecule has 2 aromatic rings. The molecule has 1 atom stereocenters. The molecular formula is C16H22ClFN6OS. The van der Waals surface area contributed by atoms with Crippen molar-refractivity contribution in [2.45, 2.75) is 32.0 Å². The third-order valence-corrected chi connectivity index (χ3v) is 6.48. The lowest BCUT2D eigenvalue weighted by Crippen LogP contribution is -2.66. The first-order valence-electron chi connectivity index (χ1n) is 8.58. The minimum Gasteiger partial charge on any atom is -0.393 e. The second kappa shape index (κ2) is 6.79. The molecule has 1 unspecified atom stereocenters. The van der Waals surface area contributed by atoms with Crippen molar-refractivity contribution in [3.05, 3.63) is 23.1 Å². The summed E-state index contributed by atoms with van der Waals surface area (Å²) in [6, 6.07) is 2.15. The second-order valence-corrected chi connectivity index (χ2v) is 8.46. The number of aryl methyl sites for hydroxylation is 1. The summed E-state index contributed by atoms with van der Waals surface area (Å²) in [5.41, 5.74) is 2.25.